The van der Waals surface area contributed by atoms with Gasteiger partial charge < -0.3 is 0 Å². The van der Waals surface area contributed by atoms with Gasteiger partial charge in [-0.15, -0.1) is 11.3 Å². The highest BCUT2D eigenvalue weighted by Crippen LogP contribution is 2.27. The van der Waals surface area contributed by atoms with E-state index in [4.69, 9.17) is 5.84 Å². The zero-order valence-electron chi connectivity index (χ0n) is 11.9. The van der Waals surface area contributed by atoms with Crippen LogP contribution in [0.1, 0.15) is 38.3 Å². The predicted octanol–water partition coefficient (Wildman–Crippen LogP) is 3.12. The van der Waals surface area contributed by atoms with Gasteiger partial charge >= 0.3 is 0 Å². The van der Waals surface area contributed by atoms with Gasteiger partial charge in [0.25, 0.3) is 0 Å². The molecule has 0 saturated carbocycles. The van der Waals surface area contributed by atoms with Crippen molar-refractivity contribution in [2.75, 3.05) is 0 Å². The Kier molecular flexibility index (Phi) is 4.34. The van der Waals surface area contributed by atoms with E-state index in [0.29, 0.717) is 0 Å². The second kappa shape index (κ2) is 5.82. The van der Waals surface area contributed by atoms with Crippen LogP contribution >= 0.6 is 11.3 Å². The van der Waals surface area contributed by atoms with Gasteiger partial charge in [-0.05, 0) is 50.8 Å². The Bertz CT molecular complexity index is 575. The number of thiazole rings is 1. The highest BCUT2D eigenvalue weighted by molar-refractivity contribution is 7.11. The van der Waals surface area contributed by atoms with E-state index < -0.39 is 0 Å². The lowest BCUT2D eigenvalue weighted by molar-refractivity contribution is 0.557. The van der Waals surface area contributed by atoms with Crippen molar-refractivity contribution in [1.82, 2.24) is 10.4 Å². The van der Waals surface area contributed by atoms with Crippen LogP contribution in [0.2, 0.25) is 0 Å². The topological polar surface area (TPSA) is 50.9 Å². The number of nitrogens with zero attached hydrogens (tertiary/aromatic N) is 1. The van der Waals surface area contributed by atoms with Gasteiger partial charge in [-0.2, -0.15) is 0 Å². The monoisotopic (exact) mass is 275 g/mol. The molecule has 0 aliphatic carbocycles. The maximum absolute atomic E-state index is 5.73. The second-order valence-electron chi connectivity index (χ2n) is 5.02. The van der Waals surface area contributed by atoms with Crippen molar-refractivity contribution in [3.63, 3.8) is 0 Å². The fourth-order valence-corrected chi connectivity index (χ4v) is 3.25. The van der Waals surface area contributed by atoms with Crippen LogP contribution in [0, 0.1) is 27.7 Å². The third-order valence-electron chi connectivity index (χ3n) is 3.47. The summed E-state index contributed by atoms with van der Waals surface area (Å²) in [6.07, 6.45) is 0.889. The first-order valence-electron chi connectivity index (χ1n) is 6.47. The molecule has 3 N–H and O–H groups in total. The Morgan fingerprint density at radius 1 is 1.21 bits per heavy atom. The number of hydrogen-bond donors (Lipinski definition) is 2. The summed E-state index contributed by atoms with van der Waals surface area (Å²) in [6.45, 7) is 8.36. The standard InChI is InChI=1S/C15H21N3S/c1-9-5-6-13(7-10(9)2)8-14(18-16)15-11(3)17-12(4)19-15/h5-7,14,18H,8,16H2,1-4H3. The van der Waals surface area contributed by atoms with E-state index in [-0.39, 0.29) is 6.04 Å². The number of rotatable bonds is 4. The molecule has 0 spiro atoms. The van der Waals surface area contributed by atoms with Gasteiger partial charge in [0.15, 0.2) is 0 Å². The summed E-state index contributed by atoms with van der Waals surface area (Å²) in [4.78, 5) is 5.71. The molecule has 0 saturated heterocycles. The highest BCUT2D eigenvalue weighted by Gasteiger charge is 2.16. The first-order valence-corrected chi connectivity index (χ1v) is 7.29. The zero-order valence-corrected chi connectivity index (χ0v) is 12.8. The molecule has 4 heteroatoms. The fraction of sp³-hybridized carbons (Fsp3) is 0.400. The molecular formula is C15H21N3S. The van der Waals surface area contributed by atoms with Crippen molar-refractivity contribution in [2.45, 2.75) is 40.2 Å². The highest BCUT2D eigenvalue weighted by atomic mass is 32.1. The van der Waals surface area contributed by atoms with Gasteiger partial charge in [0, 0.05) is 4.88 Å². The van der Waals surface area contributed by atoms with Crippen LogP contribution in [0.15, 0.2) is 18.2 Å². The molecular weight excluding hydrogens is 254 g/mol. The minimum atomic E-state index is 0.133. The number of nitrogens with two attached hydrogens (primary N) is 1. The molecule has 2 rings (SSSR count). The molecule has 0 aliphatic rings. The molecule has 1 aromatic carbocycles. The van der Waals surface area contributed by atoms with Crippen LogP contribution in [0.5, 0.6) is 0 Å². The number of aryl methyl sites for hydroxylation is 4. The third kappa shape index (κ3) is 3.21. The number of nitrogens with one attached hydrogen (secondary N) is 1. The lowest BCUT2D eigenvalue weighted by Crippen LogP contribution is -2.29. The second-order valence-corrected chi connectivity index (χ2v) is 6.26. The Morgan fingerprint density at radius 3 is 2.47 bits per heavy atom. The minimum absolute atomic E-state index is 0.133. The lowest BCUT2D eigenvalue weighted by atomic mass is 10.00. The molecule has 1 atom stereocenters. The van der Waals surface area contributed by atoms with E-state index in [2.05, 4.69) is 42.5 Å². The summed E-state index contributed by atoms with van der Waals surface area (Å²) in [5, 5.41) is 1.09. The van der Waals surface area contributed by atoms with Crippen LogP contribution in [0.4, 0.5) is 0 Å². The summed E-state index contributed by atoms with van der Waals surface area (Å²) in [7, 11) is 0. The maximum atomic E-state index is 5.73. The third-order valence-corrected chi connectivity index (χ3v) is 4.65. The van der Waals surface area contributed by atoms with Crippen molar-refractivity contribution in [3.8, 4) is 0 Å². The van der Waals surface area contributed by atoms with Gasteiger partial charge in [-0.1, -0.05) is 18.2 Å². The van der Waals surface area contributed by atoms with E-state index in [9.17, 15) is 0 Å². The molecule has 0 amide bonds. The average molecular weight is 275 g/mol. The Labute approximate surface area is 118 Å². The Hall–Kier alpha value is -1.23. The van der Waals surface area contributed by atoms with E-state index in [1.54, 1.807) is 11.3 Å². The van der Waals surface area contributed by atoms with Crippen molar-refractivity contribution in [3.05, 3.63) is 50.5 Å². The van der Waals surface area contributed by atoms with Crippen LogP contribution in [0.3, 0.4) is 0 Å². The van der Waals surface area contributed by atoms with Gasteiger partial charge in [0.05, 0.1) is 16.7 Å². The summed E-state index contributed by atoms with van der Waals surface area (Å²) < 4.78 is 0. The van der Waals surface area contributed by atoms with Crippen molar-refractivity contribution in [2.24, 2.45) is 5.84 Å². The molecule has 3 nitrogen and oxygen atoms in total. The molecule has 19 heavy (non-hydrogen) atoms. The normalized spacial score (nSPS) is 12.7. The number of benzene rings is 1. The number of aromatic nitrogens is 1. The first-order chi connectivity index (χ1) is 9.01. The average Bonchev–Trinajstić information content (AvgIpc) is 2.70. The van der Waals surface area contributed by atoms with Crippen molar-refractivity contribution in [1.29, 1.82) is 0 Å². The Morgan fingerprint density at radius 2 is 1.95 bits per heavy atom. The van der Waals surface area contributed by atoms with Gasteiger partial charge in [0.1, 0.15) is 0 Å². The molecule has 2 aromatic rings. The lowest BCUT2D eigenvalue weighted by Gasteiger charge is -2.15. The van der Waals surface area contributed by atoms with Gasteiger partial charge in [-0.3, -0.25) is 11.3 Å². The predicted molar refractivity (Wildman–Crippen MR) is 81.3 cm³/mol. The molecule has 102 valence electrons. The minimum Gasteiger partial charge on any atom is -0.271 e. The maximum Gasteiger partial charge on any atom is 0.0900 e. The summed E-state index contributed by atoms with van der Waals surface area (Å²) >= 11 is 1.72. The first kappa shape index (κ1) is 14.2. The molecule has 0 radical (unpaired) electrons. The SMILES string of the molecule is Cc1nc(C)c(C(Cc2ccc(C)c(C)c2)NN)s1. The van der Waals surface area contributed by atoms with Crippen LogP contribution < -0.4 is 11.3 Å². The summed E-state index contributed by atoms with van der Waals surface area (Å²) in [6, 6.07) is 6.72. The molecule has 1 heterocycles. The van der Waals surface area contributed by atoms with Crippen LogP contribution in [-0.4, -0.2) is 4.98 Å². The van der Waals surface area contributed by atoms with E-state index in [1.165, 1.54) is 21.6 Å². The summed E-state index contributed by atoms with van der Waals surface area (Å²) in [5.74, 6) is 5.73. The summed E-state index contributed by atoms with van der Waals surface area (Å²) in [5.41, 5.74) is 7.96. The van der Waals surface area contributed by atoms with Crippen LogP contribution in [-0.2, 0) is 6.42 Å². The number of hydrazine groups is 1. The molecule has 0 fully saturated rings. The molecule has 1 unspecified atom stereocenters. The molecule has 0 aliphatic heterocycles. The Balaban J connectivity index is 2.23. The smallest absolute Gasteiger partial charge is 0.0900 e. The number of hydrogen-bond acceptors (Lipinski definition) is 4. The fourth-order valence-electron chi connectivity index (χ4n) is 2.26. The van der Waals surface area contributed by atoms with Crippen molar-refractivity contribution < 1.29 is 0 Å². The van der Waals surface area contributed by atoms with E-state index in [1.807, 2.05) is 13.8 Å². The molecule has 1 aromatic heterocycles. The van der Waals surface area contributed by atoms with Crippen molar-refractivity contribution >= 4 is 11.3 Å². The van der Waals surface area contributed by atoms with E-state index in [0.717, 1.165) is 17.1 Å². The van der Waals surface area contributed by atoms with Gasteiger partial charge in [-0.25, -0.2) is 4.98 Å². The van der Waals surface area contributed by atoms with Gasteiger partial charge in [0.2, 0.25) is 0 Å². The van der Waals surface area contributed by atoms with Crippen LogP contribution in [0.25, 0.3) is 0 Å². The largest absolute Gasteiger partial charge is 0.271 e. The van der Waals surface area contributed by atoms with E-state index >= 15 is 0 Å². The zero-order chi connectivity index (χ0) is 14.0. The molecule has 0 bridgehead atoms. The quantitative estimate of drug-likeness (QED) is 0.666.